The van der Waals surface area contributed by atoms with Gasteiger partial charge in [0.1, 0.15) is 11.6 Å². The number of ether oxygens (including phenoxy) is 1. The van der Waals surface area contributed by atoms with E-state index in [2.05, 4.69) is 63.9 Å². The van der Waals surface area contributed by atoms with Gasteiger partial charge in [-0.05, 0) is 93.3 Å². The zero-order valence-corrected chi connectivity index (χ0v) is 21.4. The number of amides is 1. The van der Waals surface area contributed by atoms with Crippen LogP contribution in [0.25, 0.3) is 11.0 Å². The first kappa shape index (κ1) is 24.0. The molecule has 0 bridgehead atoms. The highest BCUT2D eigenvalue weighted by atomic mass is 79.9. The highest BCUT2D eigenvalue weighted by Gasteiger charge is 2.19. The van der Waals surface area contributed by atoms with Crippen molar-refractivity contribution in [3.8, 4) is 5.75 Å². The van der Waals surface area contributed by atoms with Gasteiger partial charge in [0.05, 0.1) is 23.7 Å². The number of aromatic nitrogens is 2. The molecule has 0 radical (unpaired) electrons. The molecule has 0 fully saturated rings. The van der Waals surface area contributed by atoms with E-state index in [1.807, 2.05) is 49.4 Å². The predicted molar refractivity (Wildman–Crippen MR) is 140 cm³/mol. The van der Waals surface area contributed by atoms with E-state index in [0.29, 0.717) is 12.2 Å². The molecule has 1 unspecified atom stereocenters. The van der Waals surface area contributed by atoms with Crippen molar-refractivity contribution in [1.82, 2.24) is 14.9 Å². The Balaban J connectivity index is 1.42. The quantitative estimate of drug-likeness (QED) is 0.248. The number of hydrogen-bond acceptors (Lipinski definition) is 3. The first-order chi connectivity index (χ1) is 16.4. The Morgan fingerprint density at radius 3 is 2.47 bits per heavy atom. The maximum Gasteiger partial charge on any atom is 0.251 e. The van der Waals surface area contributed by atoms with Gasteiger partial charge in [0.2, 0.25) is 0 Å². The molecule has 3 aromatic carbocycles. The number of rotatable bonds is 9. The van der Waals surface area contributed by atoms with Crippen molar-refractivity contribution in [2.24, 2.45) is 0 Å². The van der Waals surface area contributed by atoms with Gasteiger partial charge in [-0.15, -0.1) is 0 Å². The molecule has 0 aliphatic heterocycles. The molecule has 1 heterocycles. The standard InChI is InChI=1S/C28H30BrN3O2/c1-19-16-20(2)18-24(17-19)34-15-7-6-14-32-26-9-5-4-8-25(26)31-27(32)21(3)30-28(33)22-10-12-23(29)13-11-22/h4-5,8-13,16-18,21H,6-7,14-15H2,1-3H3,(H,30,33). The molecule has 4 aromatic rings. The van der Waals surface area contributed by atoms with Gasteiger partial charge in [-0.25, -0.2) is 4.98 Å². The molecule has 0 saturated carbocycles. The van der Waals surface area contributed by atoms with Gasteiger partial charge in [-0.2, -0.15) is 0 Å². The summed E-state index contributed by atoms with van der Waals surface area (Å²) in [7, 11) is 0. The summed E-state index contributed by atoms with van der Waals surface area (Å²) in [4.78, 5) is 17.6. The summed E-state index contributed by atoms with van der Waals surface area (Å²) < 4.78 is 9.14. The number of benzene rings is 3. The number of fused-ring (bicyclic) bond motifs is 1. The average molecular weight is 520 g/mol. The van der Waals surface area contributed by atoms with Crippen LogP contribution in [0.1, 0.15) is 53.1 Å². The average Bonchev–Trinajstić information content (AvgIpc) is 3.17. The molecule has 5 nitrogen and oxygen atoms in total. The number of hydrogen-bond donors (Lipinski definition) is 1. The number of unbranched alkanes of at least 4 members (excludes halogenated alkanes) is 1. The van der Waals surface area contributed by atoms with Crippen LogP contribution in [0.5, 0.6) is 5.75 Å². The number of halogens is 1. The largest absolute Gasteiger partial charge is 0.494 e. The monoisotopic (exact) mass is 519 g/mol. The summed E-state index contributed by atoms with van der Waals surface area (Å²) in [5, 5.41) is 3.10. The van der Waals surface area contributed by atoms with Crippen LogP contribution in [0.15, 0.2) is 71.2 Å². The van der Waals surface area contributed by atoms with Crippen molar-refractivity contribution in [2.45, 2.75) is 46.2 Å². The van der Waals surface area contributed by atoms with E-state index in [-0.39, 0.29) is 11.9 Å². The number of imidazole rings is 1. The Labute approximate surface area is 209 Å². The molecule has 1 amide bonds. The maximum absolute atomic E-state index is 12.8. The topological polar surface area (TPSA) is 56.1 Å². The minimum Gasteiger partial charge on any atom is -0.494 e. The predicted octanol–water partition coefficient (Wildman–Crippen LogP) is 6.77. The molecule has 1 atom stereocenters. The Kier molecular flexibility index (Phi) is 7.68. The van der Waals surface area contributed by atoms with E-state index in [4.69, 9.17) is 9.72 Å². The molecule has 176 valence electrons. The number of aryl methyl sites for hydroxylation is 3. The second-order valence-corrected chi connectivity index (χ2v) is 9.61. The Hall–Kier alpha value is -3.12. The van der Waals surface area contributed by atoms with Gasteiger partial charge < -0.3 is 14.6 Å². The summed E-state index contributed by atoms with van der Waals surface area (Å²) >= 11 is 3.41. The highest BCUT2D eigenvalue weighted by Crippen LogP contribution is 2.23. The number of nitrogens with one attached hydrogen (secondary N) is 1. The van der Waals surface area contributed by atoms with Crippen LogP contribution in [-0.2, 0) is 6.54 Å². The van der Waals surface area contributed by atoms with Gasteiger partial charge in [0.25, 0.3) is 5.91 Å². The lowest BCUT2D eigenvalue weighted by atomic mass is 10.1. The molecule has 0 spiro atoms. The van der Waals surface area contributed by atoms with Crippen LogP contribution >= 0.6 is 15.9 Å². The zero-order valence-electron chi connectivity index (χ0n) is 19.8. The normalized spacial score (nSPS) is 12.0. The summed E-state index contributed by atoms with van der Waals surface area (Å²) in [5.41, 5.74) is 5.07. The van der Waals surface area contributed by atoms with Crippen molar-refractivity contribution in [1.29, 1.82) is 0 Å². The third-order valence-corrected chi connectivity index (χ3v) is 6.29. The molecular weight excluding hydrogens is 490 g/mol. The molecule has 1 N–H and O–H groups in total. The van der Waals surface area contributed by atoms with Crippen molar-refractivity contribution in [3.05, 3.63) is 93.7 Å². The number of para-hydroxylation sites is 2. The molecule has 34 heavy (non-hydrogen) atoms. The Bertz CT molecular complexity index is 1260. The number of carbonyl (C=O) groups is 1. The second kappa shape index (κ2) is 10.9. The number of nitrogens with zero attached hydrogens (tertiary/aromatic N) is 2. The molecule has 4 rings (SSSR count). The van der Waals surface area contributed by atoms with Crippen LogP contribution in [0.3, 0.4) is 0 Å². The lowest BCUT2D eigenvalue weighted by Gasteiger charge is -2.17. The van der Waals surface area contributed by atoms with Gasteiger partial charge in [0.15, 0.2) is 0 Å². The molecule has 0 saturated heterocycles. The van der Waals surface area contributed by atoms with E-state index in [1.165, 1.54) is 11.1 Å². The molecule has 6 heteroatoms. The smallest absolute Gasteiger partial charge is 0.251 e. The minimum atomic E-state index is -0.227. The fourth-order valence-corrected chi connectivity index (χ4v) is 4.45. The van der Waals surface area contributed by atoms with Crippen LogP contribution in [0.4, 0.5) is 0 Å². The summed E-state index contributed by atoms with van der Waals surface area (Å²) in [6, 6.07) is 21.5. The van der Waals surface area contributed by atoms with E-state index < -0.39 is 0 Å². The Morgan fingerprint density at radius 2 is 1.74 bits per heavy atom. The fraction of sp³-hybridized carbons (Fsp3) is 0.286. The van der Waals surface area contributed by atoms with Gasteiger partial charge in [-0.3, -0.25) is 4.79 Å². The molecule has 0 aliphatic carbocycles. The van der Waals surface area contributed by atoms with E-state index >= 15 is 0 Å². The highest BCUT2D eigenvalue weighted by molar-refractivity contribution is 9.10. The zero-order chi connectivity index (χ0) is 24.1. The van der Waals surface area contributed by atoms with E-state index in [1.54, 1.807) is 0 Å². The van der Waals surface area contributed by atoms with E-state index in [9.17, 15) is 4.79 Å². The van der Waals surface area contributed by atoms with Gasteiger partial charge in [0, 0.05) is 16.6 Å². The van der Waals surface area contributed by atoms with Crippen LogP contribution in [0.2, 0.25) is 0 Å². The minimum absolute atomic E-state index is 0.111. The van der Waals surface area contributed by atoms with Crippen molar-refractivity contribution in [3.63, 3.8) is 0 Å². The third kappa shape index (κ3) is 5.86. The lowest BCUT2D eigenvalue weighted by molar-refractivity contribution is 0.0937. The third-order valence-electron chi connectivity index (χ3n) is 5.77. The first-order valence-corrected chi connectivity index (χ1v) is 12.4. The first-order valence-electron chi connectivity index (χ1n) is 11.6. The van der Waals surface area contributed by atoms with Crippen LogP contribution < -0.4 is 10.1 Å². The van der Waals surface area contributed by atoms with E-state index in [0.717, 1.165) is 46.5 Å². The van der Waals surface area contributed by atoms with Crippen molar-refractivity contribution < 1.29 is 9.53 Å². The van der Waals surface area contributed by atoms with Crippen molar-refractivity contribution in [2.75, 3.05) is 6.61 Å². The number of carbonyl (C=O) groups excluding carboxylic acids is 1. The van der Waals surface area contributed by atoms with Crippen LogP contribution in [0, 0.1) is 13.8 Å². The lowest BCUT2D eigenvalue weighted by Crippen LogP contribution is -2.28. The van der Waals surface area contributed by atoms with Crippen molar-refractivity contribution >= 4 is 32.9 Å². The molecular formula is C28H30BrN3O2. The summed E-state index contributed by atoms with van der Waals surface area (Å²) in [6.45, 7) is 7.63. The van der Waals surface area contributed by atoms with Crippen LogP contribution in [-0.4, -0.2) is 22.1 Å². The Morgan fingerprint density at radius 1 is 1.03 bits per heavy atom. The maximum atomic E-state index is 12.8. The SMILES string of the molecule is Cc1cc(C)cc(OCCCCn2c(C(C)NC(=O)c3ccc(Br)cc3)nc3ccccc32)c1. The summed E-state index contributed by atoms with van der Waals surface area (Å²) in [5.74, 6) is 1.68. The summed E-state index contributed by atoms with van der Waals surface area (Å²) in [6.07, 6.45) is 1.88. The van der Waals surface area contributed by atoms with Gasteiger partial charge >= 0.3 is 0 Å². The molecule has 1 aromatic heterocycles. The van der Waals surface area contributed by atoms with Gasteiger partial charge in [-0.1, -0.05) is 34.1 Å². The molecule has 0 aliphatic rings. The second-order valence-electron chi connectivity index (χ2n) is 8.69. The fourth-order valence-electron chi connectivity index (χ4n) is 4.18.